The number of alkyl halides is 3. The zero-order chi connectivity index (χ0) is 22.5. The first-order valence-electron chi connectivity index (χ1n) is 8.98. The minimum Gasteiger partial charge on any atom is -0.375 e. The van der Waals surface area contributed by atoms with E-state index in [0.29, 0.717) is 0 Å². The normalized spacial score (nSPS) is 12.1. The molecule has 0 N–H and O–H groups in total. The van der Waals surface area contributed by atoms with Crippen molar-refractivity contribution in [2.75, 3.05) is 32.0 Å². The molecular formula is C20H23F4N3O3. The van der Waals surface area contributed by atoms with E-state index in [4.69, 9.17) is 9.47 Å². The third-order valence-corrected chi connectivity index (χ3v) is 3.76. The number of hydrogen-bond donors (Lipinski definition) is 0. The Bertz CT molecular complexity index is 882. The molecule has 0 aliphatic heterocycles. The summed E-state index contributed by atoms with van der Waals surface area (Å²) in [6, 6.07) is 3.39. The summed E-state index contributed by atoms with van der Waals surface area (Å²) in [6.07, 6.45) is -2.74. The predicted octanol–water partition coefficient (Wildman–Crippen LogP) is 4.30. The summed E-state index contributed by atoms with van der Waals surface area (Å²) in [6.45, 7) is 5.03. The van der Waals surface area contributed by atoms with E-state index in [1.54, 1.807) is 0 Å². The van der Waals surface area contributed by atoms with Crippen LogP contribution >= 0.6 is 0 Å². The second kappa shape index (κ2) is 9.48. The number of pyridine rings is 2. The highest BCUT2D eigenvalue weighted by atomic mass is 19.4. The van der Waals surface area contributed by atoms with Gasteiger partial charge in [0.1, 0.15) is 19.2 Å². The quantitative estimate of drug-likeness (QED) is 0.485. The fourth-order valence-corrected chi connectivity index (χ4v) is 2.51. The highest BCUT2D eigenvalue weighted by Gasteiger charge is 2.38. The van der Waals surface area contributed by atoms with E-state index in [1.165, 1.54) is 19.4 Å². The third-order valence-electron chi connectivity index (χ3n) is 3.76. The fourth-order valence-electron chi connectivity index (χ4n) is 2.51. The van der Waals surface area contributed by atoms with Crippen LogP contribution in [0, 0.1) is 11.2 Å². The van der Waals surface area contributed by atoms with Gasteiger partial charge in [-0.2, -0.15) is 13.2 Å². The van der Waals surface area contributed by atoms with Crippen molar-refractivity contribution in [3.63, 3.8) is 0 Å². The summed E-state index contributed by atoms with van der Waals surface area (Å²) < 4.78 is 65.0. The number of anilines is 1. The highest BCUT2D eigenvalue weighted by Crippen LogP contribution is 2.37. The molecule has 0 unspecified atom stereocenters. The van der Waals surface area contributed by atoms with Gasteiger partial charge in [0.25, 0.3) is 5.91 Å². The lowest BCUT2D eigenvalue weighted by atomic mass is 9.99. The Kier molecular flexibility index (Phi) is 7.49. The minimum absolute atomic E-state index is 0.0748. The van der Waals surface area contributed by atoms with Gasteiger partial charge in [0.15, 0.2) is 5.69 Å². The van der Waals surface area contributed by atoms with Gasteiger partial charge in [0.05, 0.1) is 24.2 Å². The topological polar surface area (TPSA) is 64.5 Å². The molecule has 0 bridgehead atoms. The SMILES string of the molecule is COCC(=O)N(COCC(C)(C)C)c1ccc(-c2cncc(F)c2)nc1C(F)(F)F. The number of rotatable bonds is 7. The molecule has 0 aliphatic carbocycles. The van der Waals surface area contributed by atoms with Crippen LogP contribution in [0.25, 0.3) is 11.3 Å². The maximum absolute atomic E-state index is 13.8. The molecule has 0 aliphatic rings. The second-order valence-electron chi connectivity index (χ2n) is 7.75. The van der Waals surface area contributed by atoms with E-state index in [2.05, 4.69) is 9.97 Å². The molecule has 2 aromatic rings. The molecule has 0 saturated carbocycles. The van der Waals surface area contributed by atoms with Gasteiger partial charge >= 0.3 is 6.18 Å². The van der Waals surface area contributed by atoms with Crippen LogP contribution in [0.4, 0.5) is 23.2 Å². The van der Waals surface area contributed by atoms with Crippen molar-refractivity contribution in [3.8, 4) is 11.3 Å². The zero-order valence-corrected chi connectivity index (χ0v) is 17.1. The molecule has 2 rings (SSSR count). The number of amides is 1. The van der Waals surface area contributed by atoms with Gasteiger partial charge in [-0.25, -0.2) is 9.37 Å². The number of aromatic nitrogens is 2. The molecule has 2 aromatic heterocycles. The molecule has 164 valence electrons. The smallest absolute Gasteiger partial charge is 0.375 e. The van der Waals surface area contributed by atoms with E-state index in [0.717, 1.165) is 23.2 Å². The number of ether oxygens (including phenoxy) is 2. The van der Waals surface area contributed by atoms with Crippen LogP contribution in [0.15, 0.2) is 30.6 Å². The molecule has 2 heterocycles. The molecule has 0 aromatic carbocycles. The van der Waals surface area contributed by atoms with E-state index >= 15 is 0 Å². The van der Waals surface area contributed by atoms with Crippen molar-refractivity contribution in [1.29, 1.82) is 0 Å². The third kappa shape index (κ3) is 6.46. The number of carbonyl (C=O) groups excluding carboxylic acids is 1. The van der Waals surface area contributed by atoms with E-state index in [-0.39, 0.29) is 23.3 Å². The largest absolute Gasteiger partial charge is 0.435 e. The van der Waals surface area contributed by atoms with Gasteiger partial charge in [-0.05, 0) is 23.6 Å². The van der Waals surface area contributed by atoms with Crippen LogP contribution in [-0.2, 0) is 20.4 Å². The number of halogens is 4. The number of carbonyl (C=O) groups is 1. The van der Waals surface area contributed by atoms with Gasteiger partial charge in [-0.1, -0.05) is 20.8 Å². The van der Waals surface area contributed by atoms with Crippen molar-refractivity contribution in [1.82, 2.24) is 9.97 Å². The number of methoxy groups -OCH3 is 1. The summed E-state index contributed by atoms with van der Waals surface area (Å²) in [5, 5.41) is 0. The second-order valence-corrected chi connectivity index (χ2v) is 7.75. The molecule has 6 nitrogen and oxygen atoms in total. The lowest BCUT2D eigenvalue weighted by molar-refractivity contribution is -0.140. The summed E-state index contributed by atoms with van der Waals surface area (Å²) >= 11 is 0. The van der Waals surface area contributed by atoms with Crippen LogP contribution < -0.4 is 4.90 Å². The van der Waals surface area contributed by atoms with E-state index in [9.17, 15) is 22.4 Å². The summed E-state index contributed by atoms with van der Waals surface area (Å²) in [5.74, 6) is -1.43. The summed E-state index contributed by atoms with van der Waals surface area (Å²) in [7, 11) is 1.26. The Balaban J connectivity index is 2.49. The first-order valence-corrected chi connectivity index (χ1v) is 8.98. The average molecular weight is 429 g/mol. The number of hydrogen-bond acceptors (Lipinski definition) is 5. The molecular weight excluding hydrogens is 406 g/mol. The Morgan fingerprint density at radius 3 is 2.43 bits per heavy atom. The molecule has 0 radical (unpaired) electrons. The molecule has 0 spiro atoms. The van der Waals surface area contributed by atoms with Gasteiger partial charge in [0.2, 0.25) is 0 Å². The Morgan fingerprint density at radius 2 is 1.87 bits per heavy atom. The minimum atomic E-state index is -4.87. The molecule has 0 fully saturated rings. The maximum Gasteiger partial charge on any atom is 0.435 e. The van der Waals surface area contributed by atoms with Crippen LogP contribution in [0.2, 0.25) is 0 Å². The molecule has 0 atom stereocenters. The van der Waals surface area contributed by atoms with Gasteiger partial charge in [-0.3, -0.25) is 14.7 Å². The van der Waals surface area contributed by atoms with E-state index in [1.807, 2.05) is 20.8 Å². The van der Waals surface area contributed by atoms with Crippen molar-refractivity contribution >= 4 is 11.6 Å². The van der Waals surface area contributed by atoms with Crippen molar-refractivity contribution in [2.45, 2.75) is 26.9 Å². The maximum atomic E-state index is 13.8. The summed E-state index contributed by atoms with van der Waals surface area (Å²) in [4.78, 5) is 20.6. The zero-order valence-electron chi connectivity index (χ0n) is 17.1. The monoisotopic (exact) mass is 429 g/mol. The molecule has 30 heavy (non-hydrogen) atoms. The Labute approximate surface area is 171 Å². The highest BCUT2D eigenvalue weighted by molar-refractivity contribution is 5.95. The lowest BCUT2D eigenvalue weighted by Gasteiger charge is -2.27. The Morgan fingerprint density at radius 1 is 1.17 bits per heavy atom. The first-order chi connectivity index (χ1) is 13.9. The van der Waals surface area contributed by atoms with E-state index < -0.39 is 42.6 Å². The Hall–Kier alpha value is -2.59. The van der Waals surface area contributed by atoms with Gasteiger partial charge in [-0.15, -0.1) is 0 Å². The lowest BCUT2D eigenvalue weighted by Crippen LogP contribution is -2.38. The van der Waals surface area contributed by atoms with Crippen LogP contribution in [0.1, 0.15) is 26.5 Å². The molecule has 0 saturated heterocycles. The number of nitrogens with zero attached hydrogens (tertiary/aromatic N) is 3. The standard InChI is InChI=1S/C20H23F4N3O3/c1-19(2,3)11-30-12-27(17(28)10-29-4)16-6-5-15(26-18(16)20(22,23)24)13-7-14(21)9-25-8-13/h5-9H,10-12H2,1-4H3. The van der Waals surface area contributed by atoms with Crippen LogP contribution in [0.5, 0.6) is 0 Å². The summed E-state index contributed by atoms with van der Waals surface area (Å²) in [5.41, 5.74) is -2.09. The van der Waals surface area contributed by atoms with Gasteiger partial charge < -0.3 is 9.47 Å². The first kappa shape index (κ1) is 23.7. The van der Waals surface area contributed by atoms with Crippen molar-refractivity contribution in [3.05, 3.63) is 42.1 Å². The van der Waals surface area contributed by atoms with Crippen molar-refractivity contribution < 1.29 is 31.8 Å². The molecule has 10 heteroatoms. The van der Waals surface area contributed by atoms with Crippen molar-refractivity contribution in [2.24, 2.45) is 5.41 Å². The fraction of sp³-hybridized carbons (Fsp3) is 0.450. The predicted molar refractivity (Wildman–Crippen MR) is 102 cm³/mol. The van der Waals surface area contributed by atoms with Crippen LogP contribution in [0.3, 0.4) is 0 Å². The average Bonchev–Trinajstić information content (AvgIpc) is 2.63. The van der Waals surface area contributed by atoms with Crippen LogP contribution in [-0.4, -0.2) is 42.9 Å². The molecule has 1 amide bonds. The van der Waals surface area contributed by atoms with Gasteiger partial charge in [0, 0.05) is 18.9 Å².